The highest BCUT2D eigenvalue weighted by molar-refractivity contribution is 7.80. The molecule has 0 radical (unpaired) electrons. The second kappa shape index (κ2) is 12.5. The van der Waals surface area contributed by atoms with Crippen molar-refractivity contribution in [3.05, 3.63) is 0 Å². The largest absolute Gasteiger partial charge is 0.480 e. The van der Waals surface area contributed by atoms with Gasteiger partial charge in [-0.25, -0.2) is 4.79 Å². The number of nitrogens with two attached hydrogens (primary N) is 1. The first-order valence-corrected chi connectivity index (χ1v) is 9.37. The van der Waals surface area contributed by atoms with Gasteiger partial charge in [0.2, 0.25) is 17.7 Å². The van der Waals surface area contributed by atoms with Crippen molar-refractivity contribution >= 4 is 36.3 Å². The zero-order valence-electron chi connectivity index (χ0n) is 16.1. The van der Waals surface area contributed by atoms with Crippen LogP contribution in [0.2, 0.25) is 0 Å². The van der Waals surface area contributed by atoms with E-state index >= 15 is 0 Å². The summed E-state index contributed by atoms with van der Waals surface area (Å²) in [7, 11) is 0. The molecule has 0 aliphatic carbocycles. The molecule has 5 atom stereocenters. The third kappa shape index (κ3) is 8.87. The first kappa shape index (κ1) is 26.1. The molecule has 0 saturated heterocycles. The molecule has 0 rings (SSSR count). The van der Waals surface area contributed by atoms with Crippen LogP contribution < -0.4 is 21.7 Å². The van der Waals surface area contributed by atoms with E-state index in [1.807, 2.05) is 13.8 Å². The molecule has 0 aliphatic heterocycles. The molecular weight excluding hydrogens is 392 g/mol. The Balaban J connectivity index is 5.07. The van der Waals surface area contributed by atoms with Crippen molar-refractivity contribution < 1.29 is 34.5 Å². The van der Waals surface area contributed by atoms with E-state index in [-0.39, 0.29) is 11.7 Å². The minimum Gasteiger partial charge on any atom is -0.480 e. The smallest absolute Gasteiger partial charge is 0.327 e. The van der Waals surface area contributed by atoms with Crippen molar-refractivity contribution in [2.24, 2.45) is 11.7 Å². The number of aliphatic carboxylic acids is 1. The highest BCUT2D eigenvalue weighted by Gasteiger charge is 2.32. The maximum atomic E-state index is 12.3. The third-order valence-electron chi connectivity index (χ3n) is 3.74. The molecule has 0 bridgehead atoms. The van der Waals surface area contributed by atoms with Crippen molar-refractivity contribution in [3.8, 4) is 0 Å². The predicted octanol–water partition coefficient (Wildman–Crippen LogP) is -2.80. The Bertz CT molecular complexity index is 559. The molecular formula is C16H30N4O7S. The molecule has 28 heavy (non-hydrogen) atoms. The fraction of sp³-hybridized carbons (Fsp3) is 0.750. The molecule has 0 aromatic carbocycles. The fourth-order valence-corrected chi connectivity index (χ4v) is 2.44. The summed E-state index contributed by atoms with van der Waals surface area (Å²) in [5.41, 5.74) is 5.73. The Labute approximate surface area is 168 Å². The van der Waals surface area contributed by atoms with Gasteiger partial charge < -0.3 is 37.0 Å². The Hall–Kier alpha value is -1.89. The van der Waals surface area contributed by atoms with Gasteiger partial charge in [0, 0.05) is 5.75 Å². The quantitative estimate of drug-likeness (QED) is 0.155. The van der Waals surface area contributed by atoms with E-state index in [1.54, 1.807) is 0 Å². The Morgan fingerprint density at radius 1 is 0.964 bits per heavy atom. The average Bonchev–Trinajstić information content (AvgIpc) is 2.60. The highest BCUT2D eigenvalue weighted by Crippen LogP contribution is 2.03. The van der Waals surface area contributed by atoms with Crippen LogP contribution in [-0.2, 0) is 19.2 Å². The van der Waals surface area contributed by atoms with Crippen LogP contribution in [0, 0.1) is 5.92 Å². The van der Waals surface area contributed by atoms with E-state index < -0.39 is 60.6 Å². The van der Waals surface area contributed by atoms with Crippen LogP contribution in [0.1, 0.15) is 27.2 Å². The van der Waals surface area contributed by atoms with Crippen LogP contribution in [0.3, 0.4) is 0 Å². The molecule has 12 heteroatoms. The zero-order valence-corrected chi connectivity index (χ0v) is 17.0. The highest BCUT2D eigenvalue weighted by atomic mass is 32.1. The number of aliphatic hydroxyl groups excluding tert-OH is 2. The number of carboxylic acids is 1. The summed E-state index contributed by atoms with van der Waals surface area (Å²) in [6, 6.07) is -5.12. The lowest BCUT2D eigenvalue weighted by molar-refractivity contribution is -0.142. The fourth-order valence-electron chi connectivity index (χ4n) is 2.19. The number of aliphatic hydroxyl groups is 2. The van der Waals surface area contributed by atoms with Crippen molar-refractivity contribution in [1.82, 2.24) is 16.0 Å². The van der Waals surface area contributed by atoms with E-state index in [0.29, 0.717) is 6.42 Å². The lowest BCUT2D eigenvalue weighted by Gasteiger charge is -2.25. The summed E-state index contributed by atoms with van der Waals surface area (Å²) in [6.45, 7) is 4.18. The van der Waals surface area contributed by atoms with Gasteiger partial charge in [0.05, 0.1) is 18.8 Å². The molecule has 3 amide bonds. The molecule has 0 spiro atoms. The molecule has 162 valence electrons. The maximum absolute atomic E-state index is 12.3. The SMILES string of the molecule is CC(C)CC(N)C(=O)NC(CO)C(=O)NC(C(=O)NC(CS)C(=O)O)C(C)O. The van der Waals surface area contributed by atoms with Crippen LogP contribution in [0.15, 0.2) is 0 Å². The average molecular weight is 423 g/mol. The Morgan fingerprint density at radius 3 is 1.89 bits per heavy atom. The van der Waals surface area contributed by atoms with Gasteiger partial charge in [-0.3, -0.25) is 14.4 Å². The summed E-state index contributed by atoms with van der Waals surface area (Å²) in [6.07, 6.45) is -1.01. The van der Waals surface area contributed by atoms with Crippen molar-refractivity contribution in [1.29, 1.82) is 0 Å². The molecule has 8 N–H and O–H groups in total. The van der Waals surface area contributed by atoms with E-state index in [0.717, 1.165) is 0 Å². The second-order valence-corrected chi connectivity index (χ2v) is 7.15. The van der Waals surface area contributed by atoms with Crippen molar-refractivity contribution in [2.45, 2.75) is 57.5 Å². The van der Waals surface area contributed by atoms with Gasteiger partial charge >= 0.3 is 5.97 Å². The van der Waals surface area contributed by atoms with Gasteiger partial charge in [0.1, 0.15) is 18.1 Å². The van der Waals surface area contributed by atoms with Crippen LogP contribution in [0.25, 0.3) is 0 Å². The van der Waals surface area contributed by atoms with Crippen LogP contribution in [0.5, 0.6) is 0 Å². The van der Waals surface area contributed by atoms with Gasteiger partial charge in [-0.15, -0.1) is 0 Å². The minimum atomic E-state index is -1.51. The van der Waals surface area contributed by atoms with E-state index in [2.05, 4.69) is 28.6 Å². The maximum Gasteiger partial charge on any atom is 0.327 e. The minimum absolute atomic E-state index is 0.138. The Morgan fingerprint density at radius 2 is 1.50 bits per heavy atom. The number of hydrogen-bond acceptors (Lipinski definition) is 8. The molecule has 0 aromatic rings. The molecule has 0 fully saturated rings. The summed E-state index contributed by atoms with van der Waals surface area (Å²) in [5.74, 6) is -3.94. The lowest BCUT2D eigenvalue weighted by atomic mass is 10.0. The van der Waals surface area contributed by atoms with Gasteiger partial charge in [0.15, 0.2) is 0 Å². The summed E-state index contributed by atoms with van der Waals surface area (Å²) in [4.78, 5) is 47.5. The van der Waals surface area contributed by atoms with E-state index in [4.69, 9.17) is 10.8 Å². The summed E-state index contributed by atoms with van der Waals surface area (Å²) >= 11 is 3.81. The molecule has 0 heterocycles. The van der Waals surface area contributed by atoms with Gasteiger partial charge in [-0.2, -0.15) is 12.6 Å². The number of carboxylic acid groups (broad SMARTS) is 1. The van der Waals surface area contributed by atoms with E-state index in [1.165, 1.54) is 6.92 Å². The summed E-state index contributed by atoms with van der Waals surface area (Å²) in [5, 5.41) is 34.7. The first-order valence-electron chi connectivity index (χ1n) is 8.73. The number of thiol groups is 1. The first-order chi connectivity index (χ1) is 12.9. The molecule has 0 aliphatic rings. The second-order valence-electron chi connectivity index (χ2n) is 6.79. The number of amides is 3. The number of nitrogens with one attached hydrogen (secondary N) is 3. The lowest BCUT2D eigenvalue weighted by Crippen LogP contribution is -2.60. The van der Waals surface area contributed by atoms with Crippen molar-refractivity contribution in [2.75, 3.05) is 12.4 Å². The van der Waals surface area contributed by atoms with Crippen LogP contribution >= 0.6 is 12.6 Å². The van der Waals surface area contributed by atoms with Crippen molar-refractivity contribution in [3.63, 3.8) is 0 Å². The summed E-state index contributed by atoms with van der Waals surface area (Å²) < 4.78 is 0. The molecule has 5 unspecified atom stereocenters. The molecule has 0 aromatic heterocycles. The predicted molar refractivity (Wildman–Crippen MR) is 103 cm³/mol. The van der Waals surface area contributed by atoms with Gasteiger partial charge in [-0.1, -0.05) is 13.8 Å². The van der Waals surface area contributed by atoms with Crippen LogP contribution in [-0.4, -0.2) is 81.6 Å². The molecule has 11 nitrogen and oxygen atoms in total. The number of hydrogen-bond donors (Lipinski definition) is 8. The molecule has 0 saturated carbocycles. The number of carbonyl (C=O) groups excluding carboxylic acids is 3. The number of carbonyl (C=O) groups is 4. The standard InChI is InChI=1S/C16H30N4O7S/c1-7(2)4-9(17)13(23)18-10(5-21)14(24)20-12(8(3)22)15(25)19-11(6-28)16(26)27/h7-12,21-22,28H,4-6,17H2,1-3H3,(H,18,23)(H,19,25)(H,20,24)(H,26,27). The van der Waals surface area contributed by atoms with Gasteiger partial charge in [0.25, 0.3) is 0 Å². The van der Waals surface area contributed by atoms with E-state index in [9.17, 15) is 29.4 Å². The third-order valence-corrected chi connectivity index (χ3v) is 4.10. The number of rotatable bonds is 12. The Kier molecular flexibility index (Phi) is 11.7. The van der Waals surface area contributed by atoms with Crippen LogP contribution in [0.4, 0.5) is 0 Å². The topological polar surface area (TPSA) is 191 Å². The monoisotopic (exact) mass is 422 g/mol. The zero-order chi connectivity index (χ0) is 22.0. The normalized spacial score (nSPS) is 16.4. The van der Waals surface area contributed by atoms with Gasteiger partial charge in [-0.05, 0) is 19.3 Å².